The predicted octanol–water partition coefficient (Wildman–Crippen LogP) is 6.03. The summed E-state index contributed by atoms with van der Waals surface area (Å²) in [5, 5.41) is 2.00. The Morgan fingerprint density at radius 1 is 1.18 bits per heavy atom. The number of methoxy groups -OCH3 is 1. The number of thioether (sulfide) groups is 1. The number of rotatable bonds is 8. The molecule has 2 aromatic carbocycles. The fraction of sp³-hybridized carbons (Fsp3) is 0.500. The lowest BCUT2D eigenvalue weighted by Gasteiger charge is -2.38. The average Bonchev–Trinajstić information content (AvgIpc) is 3.33. The zero-order chi connectivity index (χ0) is 31.8. The van der Waals surface area contributed by atoms with E-state index in [4.69, 9.17) is 24.2 Å². The highest BCUT2D eigenvalue weighted by Crippen LogP contribution is 2.41. The SMILES string of the molecule is CCc1c(F)ccc2cc(OCOC)cc(N3Cc4nc(SC)nc(N(C)C5CCN(C(=O)OC(C)(C)C)CC5)c4C3=O)c12. The molecule has 0 radical (unpaired) electrons. The number of aromatic nitrogens is 2. The summed E-state index contributed by atoms with van der Waals surface area (Å²) in [7, 11) is 3.48. The van der Waals surface area contributed by atoms with E-state index in [0.717, 1.165) is 5.39 Å². The number of hydrogen-bond acceptors (Lipinski definition) is 9. The molecular weight excluding hydrogens is 585 g/mol. The van der Waals surface area contributed by atoms with Crippen LogP contribution in [0.5, 0.6) is 5.75 Å². The number of benzene rings is 2. The Balaban J connectivity index is 1.49. The lowest BCUT2D eigenvalue weighted by Crippen LogP contribution is -2.47. The minimum absolute atomic E-state index is 0.0329. The number of carbonyl (C=O) groups excluding carboxylic acids is 2. The minimum Gasteiger partial charge on any atom is -0.467 e. The highest BCUT2D eigenvalue weighted by atomic mass is 32.2. The Morgan fingerprint density at radius 3 is 2.55 bits per heavy atom. The number of likely N-dealkylation sites (tertiary alicyclic amines) is 1. The van der Waals surface area contributed by atoms with E-state index < -0.39 is 5.60 Å². The number of anilines is 2. The van der Waals surface area contributed by atoms with Gasteiger partial charge in [0.1, 0.15) is 28.5 Å². The van der Waals surface area contributed by atoms with Gasteiger partial charge in [0.2, 0.25) is 0 Å². The lowest BCUT2D eigenvalue weighted by molar-refractivity contribution is 0.0205. The molecule has 10 nitrogen and oxygen atoms in total. The van der Waals surface area contributed by atoms with Crippen molar-refractivity contribution in [2.45, 2.75) is 70.3 Å². The second-order valence-electron chi connectivity index (χ2n) is 12.0. The first-order valence-corrected chi connectivity index (χ1v) is 16.0. The van der Waals surface area contributed by atoms with Gasteiger partial charge in [0.05, 0.1) is 17.9 Å². The summed E-state index contributed by atoms with van der Waals surface area (Å²) in [5.74, 6) is 0.494. The van der Waals surface area contributed by atoms with Crippen molar-refractivity contribution in [1.29, 1.82) is 0 Å². The first-order chi connectivity index (χ1) is 20.9. The zero-order valence-corrected chi connectivity index (χ0v) is 27.2. The predicted molar refractivity (Wildman–Crippen MR) is 169 cm³/mol. The van der Waals surface area contributed by atoms with Crippen molar-refractivity contribution in [3.63, 3.8) is 0 Å². The standard InChI is InChI=1S/C32H40FN5O5S/c1-8-22-23(33)10-9-19-15-21(42-18-41-6)16-25(26(19)22)38-17-24-27(29(38)39)28(35-30(34-24)44-7)36(5)20-11-13-37(14-12-20)31(40)43-32(2,3)4/h9-10,15-16,20H,8,11-14,17-18H2,1-7H3. The molecule has 0 aliphatic carbocycles. The van der Waals surface area contributed by atoms with Crippen LogP contribution in [0.1, 0.15) is 62.2 Å². The second-order valence-corrected chi connectivity index (χ2v) is 12.8. The second kappa shape index (κ2) is 12.8. The van der Waals surface area contributed by atoms with Crippen LogP contribution in [-0.2, 0) is 22.4 Å². The van der Waals surface area contributed by atoms with Crippen molar-refractivity contribution in [3.05, 3.63) is 46.9 Å². The van der Waals surface area contributed by atoms with Crippen LogP contribution < -0.4 is 14.5 Å². The Morgan fingerprint density at radius 2 is 1.91 bits per heavy atom. The van der Waals surface area contributed by atoms with Gasteiger partial charge in [-0.3, -0.25) is 4.79 Å². The van der Waals surface area contributed by atoms with Crippen LogP contribution in [0.2, 0.25) is 0 Å². The summed E-state index contributed by atoms with van der Waals surface area (Å²) in [6, 6.07) is 6.80. The van der Waals surface area contributed by atoms with E-state index in [1.807, 2.05) is 52.0 Å². The molecule has 3 aromatic rings. The fourth-order valence-electron chi connectivity index (χ4n) is 5.87. The van der Waals surface area contributed by atoms with Crippen molar-refractivity contribution in [2.75, 3.05) is 50.1 Å². The Labute approximate surface area is 261 Å². The smallest absolute Gasteiger partial charge is 0.410 e. The molecule has 44 heavy (non-hydrogen) atoms. The van der Waals surface area contributed by atoms with E-state index in [1.165, 1.54) is 24.9 Å². The van der Waals surface area contributed by atoms with E-state index in [9.17, 15) is 9.59 Å². The summed E-state index contributed by atoms with van der Waals surface area (Å²) < 4.78 is 31.5. The topological polar surface area (TPSA) is 97.3 Å². The van der Waals surface area contributed by atoms with Gasteiger partial charge in [0.15, 0.2) is 11.9 Å². The lowest BCUT2D eigenvalue weighted by atomic mass is 9.99. The Bertz CT molecular complexity index is 1570. The molecule has 2 aliphatic rings. The molecule has 236 valence electrons. The molecule has 5 rings (SSSR count). The van der Waals surface area contributed by atoms with Crippen molar-refractivity contribution in [2.24, 2.45) is 0 Å². The maximum Gasteiger partial charge on any atom is 0.410 e. The van der Waals surface area contributed by atoms with Crippen LogP contribution in [-0.4, -0.2) is 78.8 Å². The summed E-state index contributed by atoms with van der Waals surface area (Å²) in [6.07, 6.45) is 3.44. The van der Waals surface area contributed by atoms with Gasteiger partial charge < -0.3 is 28.9 Å². The molecule has 2 aliphatic heterocycles. The molecule has 1 aromatic heterocycles. The van der Waals surface area contributed by atoms with E-state index >= 15 is 4.39 Å². The van der Waals surface area contributed by atoms with Crippen molar-refractivity contribution >= 4 is 46.0 Å². The van der Waals surface area contributed by atoms with Gasteiger partial charge in [-0.25, -0.2) is 19.2 Å². The molecule has 0 saturated carbocycles. The average molecular weight is 626 g/mol. The molecule has 2 amide bonds. The third kappa shape index (κ3) is 6.28. The van der Waals surface area contributed by atoms with Crippen LogP contribution in [0.25, 0.3) is 10.8 Å². The molecule has 0 unspecified atom stereocenters. The first kappa shape index (κ1) is 31.8. The maximum atomic E-state index is 15.1. The van der Waals surface area contributed by atoms with Crippen LogP contribution in [0.4, 0.5) is 20.7 Å². The van der Waals surface area contributed by atoms with Crippen molar-refractivity contribution in [3.8, 4) is 5.75 Å². The van der Waals surface area contributed by atoms with Crippen LogP contribution in [0.15, 0.2) is 29.4 Å². The van der Waals surface area contributed by atoms with E-state index in [0.29, 0.717) is 77.0 Å². The van der Waals surface area contributed by atoms with E-state index in [1.54, 1.807) is 21.9 Å². The van der Waals surface area contributed by atoms with Gasteiger partial charge in [-0.05, 0) is 69.4 Å². The molecular formula is C32H40FN5O5S. The number of fused-ring (bicyclic) bond motifs is 2. The minimum atomic E-state index is -0.558. The molecule has 3 heterocycles. The highest BCUT2D eigenvalue weighted by Gasteiger charge is 2.38. The fourth-order valence-corrected chi connectivity index (χ4v) is 6.25. The van der Waals surface area contributed by atoms with Crippen LogP contribution in [0.3, 0.4) is 0 Å². The number of hydrogen-bond donors (Lipinski definition) is 0. The molecule has 1 saturated heterocycles. The number of aryl methyl sites for hydroxylation is 1. The highest BCUT2D eigenvalue weighted by molar-refractivity contribution is 7.98. The Kier molecular flexibility index (Phi) is 9.22. The monoisotopic (exact) mass is 625 g/mol. The number of amides is 2. The number of piperidine rings is 1. The maximum absolute atomic E-state index is 15.1. The Hall–Kier alpha value is -3.64. The van der Waals surface area contributed by atoms with Gasteiger partial charge in [0, 0.05) is 44.7 Å². The third-order valence-electron chi connectivity index (χ3n) is 8.00. The zero-order valence-electron chi connectivity index (χ0n) is 26.4. The first-order valence-electron chi connectivity index (χ1n) is 14.8. The summed E-state index contributed by atoms with van der Waals surface area (Å²) >= 11 is 1.41. The van der Waals surface area contributed by atoms with E-state index in [-0.39, 0.29) is 37.2 Å². The summed E-state index contributed by atoms with van der Waals surface area (Å²) in [5.41, 5.74) is 1.58. The molecule has 0 atom stereocenters. The van der Waals surface area contributed by atoms with Crippen molar-refractivity contribution < 1.29 is 28.2 Å². The van der Waals surface area contributed by atoms with E-state index in [2.05, 4.69) is 0 Å². The quantitative estimate of drug-likeness (QED) is 0.169. The number of carbonyl (C=O) groups is 2. The molecule has 0 N–H and O–H groups in total. The number of halogens is 1. The van der Waals surface area contributed by atoms with Crippen molar-refractivity contribution in [1.82, 2.24) is 14.9 Å². The summed E-state index contributed by atoms with van der Waals surface area (Å²) in [4.78, 5) is 41.9. The molecule has 1 fully saturated rings. The van der Waals surface area contributed by atoms with Gasteiger partial charge in [-0.15, -0.1) is 0 Å². The molecule has 12 heteroatoms. The third-order valence-corrected chi connectivity index (χ3v) is 8.55. The number of ether oxygens (including phenoxy) is 3. The number of nitrogens with zero attached hydrogens (tertiary/aromatic N) is 5. The molecule has 0 bridgehead atoms. The normalized spacial score (nSPS) is 15.6. The van der Waals surface area contributed by atoms with Gasteiger partial charge in [-0.2, -0.15) is 0 Å². The van der Waals surface area contributed by atoms with Gasteiger partial charge >= 0.3 is 6.09 Å². The largest absolute Gasteiger partial charge is 0.467 e. The van der Waals surface area contributed by atoms with Crippen LogP contribution in [0, 0.1) is 5.82 Å². The molecule has 0 spiro atoms. The van der Waals surface area contributed by atoms with Crippen LogP contribution >= 0.6 is 11.8 Å². The van der Waals surface area contributed by atoms with Gasteiger partial charge in [0.25, 0.3) is 5.91 Å². The van der Waals surface area contributed by atoms with Gasteiger partial charge in [-0.1, -0.05) is 24.8 Å². The summed E-state index contributed by atoms with van der Waals surface area (Å²) in [6.45, 7) is 8.79.